The van der Waals surface area contributed by atoms with Crippen molar-refractivity contribution in [3.8, 4) is 5.75 Å². The molecule has 0 saturated heterocycles. The number of rotatable bonds is 6. The molecule has 2 atom stereocenters. The van der Waals surface area contributed by atoms with Crippen LogP contribution in [-0.2, 0) is 16.0 Å². The van der Waals surface area contributed by atoms with E-state index in [9.17, 15) is 4.79 Å². The summed E-state index contributed by atoms with van der Waals surface area (Å²) in [4.78, 5) is 11.7. The number of hydrogen-bond acceptors (Lipinski definition) is 4. The van der Waals surface area contributed by atoms with Gasteiger partial charge in [-0.25, -0.2) is 0 Å². The minimum absolute atomic E-state index is 0.0895. The number of nitrogens with two attached hydrogens (primary N) is 1. The first-order chi connectivity index (χ1) is 8.52. The molecule has 0 aromatic heterocycles. The highest BCUT2D eigenvalue weighted by molar-refractivity contribution is 5.76. The normalized spacial score (nSPS) is 13.9. The summed E-state index contributed by atoms with van der Waals surface area (Å²) >= 11 is 0. The number of esters is 1. The van der Waals surface area contributed by atoms with Gasteiger partial charge in [-0.1, -0.05) is 25.5 Å². The lowest BCUT2D eigenvalue weighted by Crippen LogP contribution is -2.36. The van der Waals surface area contributed by atoms with Crippen molar-refractivity contribution >= 4 is 5.97 Å². The molecule has 0 aliphatic heterocycles. The molecule has 4 nitrogen and oxygen atoms in total. The lowest BCUT2D eigenvalue weighted by Gasteiger charge is -2.16. The monoisotopic (exact) mass is 251 g/mol. The second-order valence-electron chi connectivity index (χ2n) is 4.51. The van der Waals surface area contributed by atoms with Gasteiger partial charge in [0.1, 0.15) is 11.8 Å². The van der Waals surface area contributed by atoms with E-state index in [0.717, 1.165) is 18.4 Å². The Morgan fingerprint density at radius 2 is 2.00 bits per heavy atom. The second kappa shape index (κ2) is 7.01. The summed E-state index contributed by atoms with van der Waals surface area (Å²) < 4.78 is 5.24. The van der Waals surface area contributed by atoms with Crippen LogP contribution in [0, 0.1) is 0 Å². The summed E-state index contributed by atoms with van der Waals surface area (Å²) in [7, 11) is 0. The average Bonchev–Trinajstić information content (AvgIpc) is 2.32. The number of phenols is 1. The van der Waals surface area contributed by atoms with Crippen molar-refractivity contribution < 1.29 is 14.6 Å². The predicted molar refractivity (Wildman–Crippen MR) is 70.2 cm³/mol. The molecular formula is C14H21NO3. The van der Waals surface area contributed by atoms with Gasteiger partial charge in [0.25, 0.3) is 0 Å². The van der Waals surface area contributed by atoms with Gasteiger partial charge in [-0.2, -0.15) is 0 Å². The molecule has 0 amide bonds. The van der Waals surface area contributed by atoms with E-state index in [1.54, 1.807) is 24.3 Å². The largest absolute Gasteiger partial charge is 0.508 e. The fraction of sp³-hybridized carbons (Fsp3) is 0.500. The quantitative estimate of drug-likeness (QED) is 0.758. The van der Waals surface area contributed by atoms with Gasteiger partial charge in [0, 0.05) is 0 Å². The molecular weight excluding hydrogens is 230 g/mol. The first-order valence-electron chi connectivity index (χ1n) is 6.27. The zero-order valence-electron chi connectivity index (χ0n) is 10.9. The van der Waals surface area contributed by atoms with Gasteiger partial charge >= 0.3 is 5.97 Å². The summed E-state index contributed by atoms with van der Waals surface area (Å²) in [6, 6.07) is 5.99. The number of hydrogen-bond donors (Lipinski definition) is 2. The van der Waals surface area contributed by atoms with Crippen molar-refractivity contribution in [2.75, 3.05) is 0 Å². The number of ether oxygens (including phenoxy) is 1. The van der Waals surface area contributed by atoms with E-state index in [1.807, 2.05) is 13.8 Å². The van der Waals surface area contributed by atoms with E-state index < -0.39 is 6.04 Å². The third kappa shape index (κ3) is 4.75. The highest BCUT2D eigenvalue weighted by Gasteiger charge is 2.18. The summed E-state index contributed by atoms with van der Waals surface area (Å²) in [6.45, 7) is 3.91. The Hall–Kier alpha value is -1.55. The molecule has 0 aliphatic rings. The maximum Gasteiger partial charge on any atom is 0.323 e. The molecule has 0 bridgehead atoms. The van der Waals surface area contributed by atoms with Crippen LogP contribution >= 0.6 is 0 Å². The van der Waals surface area contributed by atoms with Gasteiger partial charge in [-0.15, -0.1) is 0 Å². The van der Waals surface area contributed by atoms with E-state index in [4.69, 9.17) is 15.6 Å². The summed E-state index contributed by atoms with van der Waals surface area (Å²) in [6.07, 6.45) is 2.14. The van der Waals surface area contributed by atoms with Crippen LogP contribution in [-0.4, -0.2) is 23.2 Å². The van der Waals surface area contributed by atoms with Gasteiger partial charge in [-0.3, -0.25) is 4.79 Å². The van der Waals surface area contributed by atoms with Crippen molar-refractivity contribution in [2.45, 2.75) is 45.3 Å². The average molecular weight is 251 g/mol. The van der Waals surface area contributed by atoms with Gasteiger partial charge in [0.2, 0.25) is 0 Å². The second-order valence-corrected chi connectivity index (χ2v) is 4.51. The number of carbonyl (C=O) groups excluding carboxylic acids is 1. The van der Waals surface area contributed by atoms with Crippen molar-refractivity contribution in [1.29, 1.82) is 0 Å². The summed E-state index contributed by atoms with van der Waals surface area (Å²) in [5, 5.41) is 9.16. The molecule has 1 rings (SSSR count). The molecule has 1 aromatic carbocycles. The van der Waals surface area contributed by atoms with Crippen molar-refractivity contribution in [2.24, 2.45) is 5.73 Å². The van der Waals surface area contributed by atoms with Crippen LogP contribution in [0.5, 0.6) is 5.75 Å². The molecule has 18 heavy (non-hydrogen) atoms. The van der Waals surface area contributed by atoms with Crippen LogP contribution in [0.15, 0.2) is 24.3 Å². The molecule has 4 heteroatoms. The molecule has 2 unspecified atom stereocenters. The molecule has 3 N–H and O–H groups in total. The molecule has 0 saturated carbocycles. The maximum atomic E-state index is 11.7. The highest BCUT2D eigenvalue weighted by atomic mass is 16.5. The molecule has 0 radical (unpaired) electrons. The SMILES string of the molecule is CCCC(C)OC(=O)C(N)Cc1ccc(O)cc1. The first kappa shape index (κ1) is 14.5. The maximum absolute atomic E-state index is 11.7. The van der Waals surface area contributed by atoms with Gasteiger partial charge < -0.3 is 15.6 Å². The first-order valence-corrected chi connectivity index (χ1v) is 6.27. The van der Waals surface area contributed by atoms with Gasteiger partial charge in [-0.05, 0) is 37.5 Å². The van der Waals surface area contributed by atoms with E-state index in [-0.39, 0.29) is 17.8 Å². The highest BCUT2D eigenvalue weighted by Crippen LogP contribution is 2.11. The molecule has 0 aliphatic carbocycles. The standard InChI is InChI=1S/C14H21NO3/c1-3-4-10(2)18-14(17)13(15)9-11-5-7-12(16)8-6-11/h5-8,10,13,16H,3-4,9,15H2,1-2H3. The Kier molecular flexibility index (Phi) is 5.65. The third-order valence-electron chi connectivity index (χ3n) is 2.71. The molecule has 0 fully saturated rings. The Morgan fingerprint density at radius 3 is 2.56 bits per heavy atom. The van der Waals surface area contributed by atoms with E-state index in [2.05, 4.69) is 0 Å². The van der Waals surface area contributed by atoms with E-state index in [0.29, 0.717) is 6.42 Å². The van der Waals surface area contributed by atoms with Crippen molar-refractivity contribution in [1.82, 2.24) is 0 Å². The Balaban J connectivity index is 2.46. The smallest absolute Gasteiger partial charge is 0.323 e. The Labute approximate surface area is 108 Å². The van der Waals surface area contributed by atoms with Crippen molar-refractivity contribution in [3.05, 3.63) is 29.8 Å². The molecule has 0 heterocycles. The van der Waals surface area contributed by atoms with E-state index in [1.165, 1.54) is 0 Å². The predicted octanol–water partition coefficient (Wildman–Crippen LogP) is 1.99. The van der Waals surface area contributed by atoms with Crippen LogP contribution < -0.4 is 5.73 Å². The van der Waals surface area contributed by atoms with Gasteiger partial charge in [0.15, 0.2) is 0 Å². The molecule has 100 valence electrons. The summed E-state index contributed by atoms with van der Waals surface area (Å²) in [5.41, 5.74) is 6.70. The topological polar surface area (TPSA) is 72.5 Å². The molecule has 0 spiro atoms. The fourth-order valence-electron chi connectivity index (χ4n) is 1.72. The van der Waals surface area contributed by atoms with Crippen LogP contribution in [0.2, 0.25) is 0 Å². The minimum Gasteiger partial charge on any atom is -0.508 e. The zero-order chi connectivity index (χ0) is 13.5. The Morgan fingerprint density at radius 1 is 1.39 bits per heavy atom. The van der Waals surface area contributed by atoms with Crippen molar-refractivity contribution in [3.63, 3.8) is 0 Å². The molecule has 1 aromatic rings. The van der Waals surface area contributed by atoms with Crippen LogP contribution in [0.3, 0.4) is 0 Å². The van der Waals surface area contributed by atoms with Crippen LogP contribution in [0.4, 0.5) is 0 Å². The number of carbonyl (C=O) groups is 1. The van der Waals surface area contributed by atoms with Gasteiger partial charge in [0.05, 0.1) is 6.10 Å². The number of aromatic hydroxyl groups is 1. The minimum atomic E-state index is -0.658. The van der Waals surface area contributed by atoms with Crippen LogP contribution in [0.1, 0.15) is 32.3 Å². The van der Waals surface area contributed by atoms with Crippen LogP contribution in [0.25, 0.3) is 0 Å². The number of phenolic OH excluding ortho intramolecular Hbond substituents is 1. The lowest BCUT2D eigenvalue weighted by molar-refractivity contribution is -0.150. The summed E-state index contributed by atoms with van der Waals surface area (Å²) in [5.74, 6) is -0.171. The number of benzene rings is 1. The fourth-order valence-corrected chi connectivity index (χ4v) is 1.72. The van der Waals surface area contributed by atoms with E-state index >= 15 is 0 Å². The zero-order valence-corrected chi connectivity index (χ0v) is 10.9. The third-order valence-corrected chi connectivity index (χ3v) is 2.71. The Bertz CT molecular complexity index is 375. The lowest BCUT2D eigenvalue weighted by atomic mass is 10.1.